The summed E-state index contributed by atoms with van der Waals surface area (Å²) in [5, 5.41) is 18.5. The van der Waals surface area contributed by atoms with Crippen LogP contribution in [-0.4, -0.2) is 59.9 Å². The third-order valence-corrected chi connectivity index (χ3v) is 4.56. The van der Waals surface area contributed by atoms with E-state index in [1.165, 1.54) is 0 Å². The average Bonchev–Trinajstić information content (AvgIpc) is 2.48. The summed E-state index contributed by atoms with van der Waals surface area (Å²) in [5.41, 5.74) is 0. The minimum atomic E-state index is -3.34. The van der Waals surface area contributed by atoms with Crippen LogP contribution in [0.2, 0.25) is 0 Å². The van der Waals surface area contributed by atoms with Crippen molar-refractivity contribution in [2.24, 2.45) is 0 Å². The van der Waals surface area contributed by atoms with E-state index in [4.69, 9.17) is 11.6 Å². The number of hydrogen-bond donors (Lipinski definition) is 2. The van der Waals surface area contributed by atoms with Gasteiger partial charge >= 0.3 is 0 Å². The van der Waals surface area contributed by atoms with E-state index in [0.717, 1.165) is 4.31 Å². The summed E-state index contributed by atoms with van der Waals surface area (Å²) in [5.74, 6) is 0.472. The molecule has 15 heavy (non-hydrogen) atoms. The molecular formula is C8H16ClNO4S. The lowest BCUT2D eigenvalue weighted by Gasteiger charge is -2.14. The molecule has 1 aliphatic rings. The third-order valence-electron chi connectivity index (χ3n) is 2.40. The molecule has 0 aromatic heterocycles. The van der Waals surface area contributed by atoms with E-state index < -0.39 is 22.2 Å². The molecule has 0 bridgehead atoms. The second-order valence-electron chi connectivity index (χ2n) is 3.66. The summed E-state index contributed by atoms with van der Waals surface area (Å²) in [7, 11) is -3.34. The molecule has 1 rings (SSSR count). The molecule has 0 amide bonds. The van der Waals surface area contributed by atoms with E-state index in [2.05, 4.69) is 0 Å². The molecular weight excluding hydrogens is 242 g/mol. The summed E-state index contributed by atoms with van der Waals surface area (Å²) in [4.78, 5) is 0. The largest absolute Gasteiger partial charge is 0.389 e. The Bertz CT molecular complexity index is 285. The molecule has 0 aromatic carbocycles. The molecule has 5 nitrogen and oxygen atoms in total. The van der Waals surface area contributed by atoms with Crippen molar-refractivity contribution in [1.82, 2.24) is 4.31 Å². The van der Waals surface area contributed by atoms with Gasteiger partial charge in [-0.15, -0.1) is 11.6 Å². The van der Waals surface area contributed by atoms with Gasteiger partial charge in [0.15, 0.2) is 0 Å². The molecule has 0 aliphatic carbocycles. The molecule has 1 aliphatic heterocycles. The van der Waals surface area contributed by atoms with Crippen LogP contribution in [-0.2, 0) is 10.0 Å². The van der Waals surface area contributed by atoms with E-state index in [0.29, 0.717) is 18.7 Å². The number of aliphatic hydroxyl groups is 2. The summed E-state index contributed by atoms with van der Waals surface area (Å²) in [6.45, 7) is -0.0191. The van der Waals surface area contributed by atoms with Crippen molar-refractivity contribution in [3.63, 3.8) is 0 Å². The highest BCUT2D eigenvalue weighted by Gasteiger charge is 2.36. The SMILES string of the molecule is O=S(=O)(CCCCCl)N1CC(O)C(O)C1. The van der Waals surface area contributed by atoms with Crippen LogP contribution in [0.25, 0.3) is 0 Å². The van der Waals surface area contributed by atoms with Gasteiger partial charge in [0.25, 0.3) is 0 Å². The summed E-state index contributed by atoms with van der Waals surface area (Å²) >= 11 is 5.45. The lowest BCUT2D eigenvalue weighted by atomic mass is 10.3. The number of halogens is 1. The molecule has 1 saturated heterocycles. The van der Waals surface area contributed by atoms with Gasteiger partial charge in [0.2, 0.25) is 10.0 Å². The summed E-state index contributed by atoms with van der Waals surface area (Å²) in [6, 6.07) is 0. The number of hydrogen-bond acceptors (Lipinski definition) is 4. The Morgan fingerprint density at radius 1 is 1.20 bits per heavy atom. The first kappa shape index (κ1) is 13.2. The van der Waals surface area contributed by atoms with Crippen LogP contribution in [0.1, 0.15) is 12.8 Å². The standard InChI is InChI=1S/C8H16ClNO4S/c9-3-1-2-4-15(13,14)10-5-7(11)8(12)6-10/h7-8,11-12H,1-6H2. The number of unbranched alkanes of at least 4 members (excludes halogenated alkanes) is 1. The van der Waals surface area contributed by atoms with E-state index in [9.17, 15) is 18.6 Å². The van der Waals surface area contributed by atoms with Gasteiger partial charge < -0.3 is 10.2 Å². The second kappa shape index (κ2) is 5.45. The fourth-order valence-corrected chi connectivity index (χ4v) is 3.25. The first-order chi connectivity index (χ1) is 6.97. The number of alkyl halides is 1. The number of nitrogens with zero attached hydrogens (tertiary/aromatic N) is 1. The van der Waals surface area contributed by atoms with Crippen LogP contribution in [0.4, 0.5) is 0 Å². The molecule has 1 heterocycles. The zero-order valence-electron chi connectivity index (χ0n) is 8.34. The number of β-amino-alcohol motifs (C(OH)–C–C–N with tert-alkyl or cyclic N) is 2. The van der Waals surface area contributed by atoms with Gasteiger partial charge in [0.05, 0.1) is 18.0 Å². The molecule has 1 fully saturated rings. The minimum Gasteiger partial charge on any atom is -0.389 e. The van der Waals surface area contributed by atoms with Gasteiger partial charge in [0.1, 0.15) is 0 Å². The lowest BCUT2D eigenvalue weighted by molar-refractivity contribution is 0.0572. The maximum Gasteiger partial charge on any atom is 0.214 e. The Kier molecular flexibility index (Phi) is 4.79. The van der Waals surface area contributed by atoms with Gasteiger partial charge in [-0.25, -0.2) is 8.42 Å². The smallest absolute Gasteiger partial charge is 0.214 e. The summed E-state index contributed by atoms with van der Waals surface area (Å²) in [6.07, 6.45) is -0.769. The highest BCUT2D eigenvalue weighted by atomic mass is 35.5. The van der Waals surface area contributed by atoms with Gasteiger partial charge in [-0.2, -0.15) is 4.31 Å². The number of sulfonamides is 1. The van der Waals surface area contributed by atoms with Gasteiger partial charge in [-0.3, -0.25) is 0 Å². The Morgan fingerprint density at radius 3 is 2.20 bits per heavy atom. The quantitative estimate of drug-likeness (QED) is 0.508. The molecule has 0 radical (unpaired) electrons. The maximum absolute atomic E-state index is 11.7. The first-order valence-corrected chi connectivity index (χ1v) is 7.01. The van der Waals surface area contributed by atoms with Gasteiger partial charge in [-0.05, 0) is 12.8 Å². The van der Waals surface area contributed by atoms with Crippen LogP contribution >= 0.6 is 11.6 Å². The van der Waals surface area contributed by atoms with Crippen LogP contribution in [0.15, 0.2) is 0 Å². The lowest BCUT2D eigenvalue weighted by Crippen LogP contribution is -2.32. The molecule has 2 N–H and O–H groups in total. The Hall–Kier alpha value is 0.120. The van der Waals surface area contributed by atoms with Crippen LogP contribution < -0.4 is 0 Å². The van der Waals surface area contributed by atoms with E-state index in [1.807, 2.05) is 0 Å². The minimum absolute atomic E-state index is 0.00955. The summed E-state index contributed by atoms with van der Waals surface area (Å²) < 4.78 is 24.5. The number of rotatable bonds is 5. The topological polar surface area (TPSA) is 77.8 Å². The van der Waals surface area contributed by atoms with Crippen molar-refractivity contribution in [2.45, 2.75) is 25.0 Å². The molecule has 0 saturated carbocycles. The molecule has 90 valence electrons. The molecule has 0 aromatic rings. The van der Waals surface area contributed by atoms with Crippen molar-refractivity contribution < 1.29 is 18.6 Å². The van der Waals surface area contributed by atoms with Crippen molar-refractivity contribution in [3.05, 3.63) is 0 Å². The van der Waals surface area contributed by atoms with Crippen LogP contribution in [0.5, 0.6) is 0 Å². The maximum atomic E-state index is 11.7. The highest BCUT2D eigenvalue weighted by Crippen LogP contribution is 2.15. The van der Waals surface area contributed by atoms with Crippen LogP contribution in [0, 0.1) is 0 Å². The van der Waals surface area contributed by atoms with Crippen molar-refractivity contribution in [1.29, 1.82) is 0 Å². The zero-order chi connectivity index (χ0) is 11.5. The molecule has 7 heteroatoms. The molecule has 0 spiro atoms. The Morgan fingerprint density at radius 2 is 1.73 bits per heavy atom. The molecule has 2 atom stereocenters. The fourth-order valence-electron chi connectivity index (χ4n) is 1.47. The van der Waals surface area contributed by atoms with E-state index in [-0.39, 0.29) is 18.8 Å². The van der Waals surface area contributed by atoms with Gasteiger partial charge in [-0.1, -0.05) is 0 Å². The zero-order valence-corrected chi connectivity index (χ0v) is 9.91. The van der Waals surface area contributed by atoms with Crippen LogP contribution in [0.3, 0.4) is 0 Å². The third kappa shape index (κ3) is 3.57. The predicted molar refractivity (Wildman–Crippen MR) is 57.3 cm³/mol. The number of aliphatic hydroxyl groups excluding tert-OH is 2. The normalized spacial score (nSPS) is 28.5. The van der Waals surface area contributed by atoms with Crippen molar-refractivity contribution in [2.75, 3.05) is 24.7 Å². The molecule has 2 unspecified atom stereocenters. The van der Waals surface area contributed by atoms with Crippen molar-refractivity contribution in [3.8, 4) is 0 Å². The highest BCUT2D eigenvalue weighted by molar-refractivity contribution is 7.89. The first-order valence-electron chi connectivity index (χ1n) is 4.87. The predicted octanol–water partition coefficient (Wildman–Crippen LogP) is -0.627. The Labute approximate surface area is 94.7 Å². The van der Waals surface area contributed by atoms with E-state index >= 15 is 0 Å². The monoisotopic (exact) mass is 257 g/mol. The van der Waals surface area contributed by atoms with E-state index in [1.54, 1.807) is 0 Å². The van der Waals surface area contributed by atoms with Crippen molar-refractivity contribution >= 4 is 21.6 Å². The van der Waals surface area contributed by atoms with Gasteiger partial charge in [0, 0.05) is 19.0 Å². The fraction of sp³-hybridized carbons (Fsp3) is 1.00. The Balaban J connectivity index is 2.48. The second-order valence-corrected chi connectivity index (χ2v) is 6.13. The average molecular weight is 258 g/mol.